The Morgan fingerprint density at radius 1 is 0.529 bits per heavy atom. The minimum absolute atomic E-state index is 0.415. The van der Waals surface area contributed by atoms with E-state index in [1.54, 1.807) is 0 Å². The van der Waals surface area contributed by atoms with Gasteiger partial charge in [-0.05, 0) is 0 Å². The van der Waals surface area contributed by atoms with E-state index in [-0.39, 0.29) is 0 Å². The van der Waals surface area contributed by atoms with E-state index in [0.717, 1.165) is 38.5 Å². The van der Waals surface area contributed by atoms with Crippen molar-refractivity contribution in [2.45, 2.75) is 115 Å². The summed E-state index contributed by atoms with van der Waals surface area (Å²) in [6.07, 6.45) is 6.25. The zero-order chi connectivity index (χ0) is 26.3. The van der Waals surface area contributed by atoms with Crippen LogP contribution in [0.1, 0.15) is 99.3 Å². The van der Waals surface area contributed by atoms with Crippen LogP contribution in [0.25, 0.3) is 0 Å². The van der Waals surface area contributed by atoms with E-state index in [2.05, 4.69) is 41.5 Å². The summed E-state index contributed by atoms with van der Waals surface area (Å²) in [4.78, 5) is 37.4. The molecule has 0 aliphatic rings. The molecule has 0 aliphatic heterocycles. The Bertz CT molecular complexity index is 522. The van der Waals surface area contributed by atoms with Crippen molar-refractivity contribution in [3.05, 3.63) is 0 Å². The molecule has 0 aromatic rings. The van der Waals surface area contributed by atoms with Crippen LogP contribution in [0.3, 0.4) is 0 Å². The van der Waals surface area contributed by atoms with Crippen LogP contribution in [0.4, 0.5) is 0 Å². The van der Waals surface area contributed by atoms with Gasteiger partial charge in [-0.3, -0.25) is 0 Å². The molecule has 0 aliphatic carbocycles. The number of rotatable bonds is 18. The van der Waals surface area contributed by atoms with E-state index in [0.29, 0.717) is 37.0 Å². The van der Waals surface area contributed by atoms with Crippen LogP contribution < -0.4 is 0 Å². The van der Waals surface area contributed by atoms with Crippen molar-refractivity contribution in [3.8, 4) is 0 Å². The number of carbonyl (C=O) groups excluding carboxylic acids is 3. The number of halogens is 3. The Morgan fingerprint density at radius 2 is 0.765 bits per heavy atom. The molecule has 10 heteroatoms. The summed E-state index contributed by atoms with van der Waals surface area (Å²) in [7, 11) is 0. The van der Waals surface area contributed by atoms with Gasteiger partial charge in [0.2, 0.25) is 0 Å². The molecule has 0 bridgehead atoms. The van der Waals surface area contributed by atoms with Crippen LogP contribution in [0, 0.1) is 17.8 Å². The molecule has 6 nitrogen and oxygen atoms in total. The number of carbonyl (C=O) groups is 3. The van der Waals surface area contributed by atoms with E-state index < -0.39 is 57.1 Å². The molecule has 3 atom stereocenters. The second kappa shape index (κ2) is 19.3. The van der Waals surface area contributed by atoms with Gasteiger partial charge in [-0.25, -0.2) is 0 Å². The molecule has 0 rings (SSSR count). The first kappa shape index (κ1) is 34.2. The molecule has 0 spiro atoms. The van der Waals surface area contributed by atoms with Crippen molar-refractivity contribution < 1.29 is 22.8 Å². The van der Waals surface area contributed by atoms with E-state index in [4.69, 9.17) is 43.2 Å². The van der Waals surface area contributed by atoms with Crippen molar-refractivity contribution in [2.24, 2.45) is 17.8 Å². The normalized spacial score (nSPS) is 14.4. The molecule has 0 saturated heterocycles. The molecule has 3 unspecified atom stereocenters. The Balaban J connectivity index is 5.04. The van der Waals surface area contributed by atoms with Gasteiger partial charge in [-0.2, -0.15) is 0 Å². The third-order valence-electron chi connectivity index (χ3n) is 4.98. The predicted octanol–water partition coefficient (Wildman–Crippen LogP) is 6.90. The molecule has 0 heterocycles. The molecule has 0 aromatic heterocycles. The zero-order valence-corrected chi connectivity index (χ0v) is 27.1. The molecule has 34 heavy (non-hydrogen) atoms. The monoisotopic (exact) mass is 740 g/mol. The summed E-state index contributed by atoms with van der Waals surface area (Å²) in [6.45, 7) is 12.5. The Kier molecular flexibility index (Phi) is 19.4. The first-order chi connectivity index (χ1) is 15.8. The molecule has 0 fully saturated rings. The minimum atomic E-state index is -4.31. The van der Waals surface area contributed by atoms with Crippen molar-refractivity contribution in [3.63, 3.8) is 0 Å². The average molecular weight is 742 g/mol. The number of alkyl halides is 3. The second-order valence-corrected chi connectivity index (χ2v) is 15.3. The molecular formula is C24H42BiCl3O6. The van der Waals surface area contributed by atoms with E-state index >= 15 is 0 Å². The Hall–Kier alpha value is 0.163. The summed E-state index contributed by atoms with van der Waals surface area (Å²) >= 11 is 14.2. The Labute approximate surface area is 230 Å². The Morgan fingerprint density at radius 3 is 0.971 bits per heavy atom. The van der Waals surface area contributed by atoms with E-state index in [9.17, 15) is 14.4 Å². The molecule has 0 amide bonds. The van der Waals surface area contributed by atoms with Crippen LogP contribution in [-0.2, 0) is 22.8 Å². The predicted molar refractivity (Wildman–Crippen MR) is 139 cm³/mol. The molecular weight excluding hydrogens is 700 g/mol. The summed E-state index contributed by atoms with van der Waals surface area (Å²) in [6, 6.07) is 0. The summed E-state index contributed by atoms with van der Waals surface area (Å²) in [5.41, 5.74) is 0. The fraction of sp³-hybridized carbons (Fsp3) is 0.875. The van der Waals surface area contributed by atoms with Gasteiger partial charge >= 0.3 is 232 Å². The molecule has 0 aromatic carbocycles. The van der Waals surface area contributed by atoms with Crippen LogP contribution in [-0.4, -0.2) is 57.1 Å². The van der Waals surface area contributed by atoms with Crippen LogP contribution in [0.15, 0.2) is 0 Å². The third kappa shape index (κ3) is 17.6. The van der Waals surface area contributed by atoms with Crippen LogP contribution in [0.5, 0.6) is 0 Å². The maximum absolute atomic E-state index is 12.5. The number of hydrogen-bond donors (Lipinski definition) is 0. The fourth-order valence-corrected chi connectivity index (χ4v) is 7.91. The standard InChI is InChI=1S/3C8H15ClO2.Bi/c3*1-6(2)4-3-5-7(9)8(10)11;/h3*6-7H,3-5H2,1-2H3,(H,10,11);/q;;;+3/p-3. The molecule has 0 N–H and O–H groups in total. The SMILES string of the molecule is CC(C)CCCC(Cl)C(=O)[O][Bi]([O]C(=O)C(Cl)CCCC(C)C)[O]C(=O)C(Cl)CCCC(C)C. The van der Waals surface area contributed by atoms with Gasteiger partial charge in [-0.1, -0.05) is 0 Å². The van der Waals surface area contributed by atoms with Crippen LogP contribution in [0.2, 0.25) is 0 Å². The quantitative estimate of drug-likeness (QED) is 0.112. The summed E-state index contributed by atoms with van der Waals surface area (Å²) < 4.78 is 16.0. The first-order valence-corrected chi connectivity index (χ1v) is 17.8. The van der Waals surface area contributed by atoms with Gasteiger partial charge in [-0.15, -0.1) is 0 Å². The third-order valence-corrected chi connectivity index (χ3v) is 10.0. The topological polar surface area (TPSA) is 78.9 Å². The maximum atomic E-state index is 12.5. The second-order valence-electron chi connectivity index (χ2n) is 9.83. The van der Waals surface area contributed by atoms with Crippen molar-refractivity contribution in [1.29, 1.82) is 0 Å². The van der Waals surface area contributed by atoms with Gasteiger partial charge in [0.1, 0.15) is 0 Å². The van der Waals surface area contributed by atoms with Crippen molar-refractivity contribution >= 4 is 75.8 Å². The van der Waals surface area contributed by atoms with Gasteiger partial charge in [0, 0.05) is 0 Å². The molecule has 200 valence electrons. The van der Waals surface area contributed by atoms with E-state index in [1.807, 2.05) is 0 Å². The van der Waals surface area contributed by atoms with E-state index in [1.165, 1.54) is 0 Å². The molecule has 0 saturated carbocycles. The zero-order valence-electron chi connectivity index (χ0n) is 21.4. The average Bonchev–Trinajstić information content (AvgIpc) is 2.72. The van der Waals surface area contributed by atoms with Crippen molar-refractivity contribution in [1.82, 2.24) is 0 Å². The first-order valence-electron chi connectivity index (χ1n) is 12.2. The van der Waals surface area contributed by atoms with Crippen molar-refractivity contribution in [2.75, 3.05) is 0 Å². The van der Waals surface area contributed by atoms with Gasteiger partial charge in [0.05, 0.1) is 0 Å². The summed E-state index contributed by atoms with van der Waals surface area (Å²) in [5, 5.41) is -2.74. The molecule has 0 radical (unpaired) electrons. The van der Waals surface area contributed by atoms with Gasteiger partial charge in [0.25, 0.3) is 0 Å². The summed E-state index contributed by atoms with van der Waals surface area (Å²) in [5.74, 6) is -0.787. The van der Waals surface area contributed by atoms with Crippen LogP contribution >= 0.6 is 34.8 Å². The van der Waals surface area contributed by atoms with Gasteiger partial charge in [0.15, 0.2) is 0 Å². The van der Waals surface area contributed by atoms with Gasteiger partial charge < -0.3 is 0 Å². The number of hydrogen-bond acceptors (Lipinski definition) is 6. The fourth-order valence-electron chi connectivity index (χ4n) is 2.92.